The molecule has 108 valence electrons. The van der Waals surface area contributed by atoms with Crippen molar-refractivity contribution in [2.45, 2.75) is 5.07 Å². The van der Waals surface area contributed by atoms with Crippen LogP contribution in [0.1, 0.15) is 5.56 Å². The summed E-state index contributed by atoms with van der Waals surface area (Å²) in [7, 11) is 0. The number of alkyl halides is 3. The Morgan fingerprint density at radius 1 is 1.48 bits per heavy atom. The van der Waals surface area contributed by atoms with Gasteiger partial charge < -0.3 is 0 Å². The van der Waals surface area contributed by atoms with Gasteiger partial charge in [-0.1, -0.05) is 0 Å². The van der Waals surface area contributed by atoms with Crippen LogP contribution in [-0.4, -0.2) is 31.0 Å². The number of aromatic nitrogens is 1. The fourth-order valence-electron chi connectivity index (χ4n) is 1.64. The summed E-state index contributed by atoms with van der Waals surface area (Å²) in [5.41, 5.74) is 9.07. The molecule has 9 heteroatoms. The van der Waals surface area contributed by atoms with E-state index in [-0.39, 0.29) is 11.1 Å². The molecule has 0 N–H and O–H groups in total. The summed E-state index contributed by atoms with van der Waals surface area (Å²) >= 11 is 1.59. The summed E-state index contributed by atoms with van der Waals surface area (Å²) in [4.78, 5) is 2.54. The van der Waals surface area contributed by atoms with E-state index < -0.39 is 20.0 Å². The quantitative estimate of drug-likeness (QED) is 0.235. The van der Waals surface area contributed by atoms with Crippen LogP contribution >= 0.6 is 15.9 Å². The average molecular weight is 422 g/mol. The summed E-state index contributed by atoms with van der Waals surface area (Å²) < 4.78 is 40.6. The van der Waals surface area contributed by atoms with Crippen molar-refractivity contribution in [1.82, 2.24) is 4.40 Å². The van der Waals surface area contributed by atoms with E-state index in [1.54, 1.807) is 24.4 Å². The van der Waals surface area contributed by atoms with Crippen molar-refractivity contribution in [3.8, 4) is 11.8 Å². The maximum atomic E-state index is 12.8. The number of hydrogen-bond acceptors (Lipinski definition) is 1. The number of rotatable bonds is 2. The molecule has 0 saturated carbocycles. The molecule has 0 saturated heterocycles. The Morgan fingerprint density at radius 3 is 2.90 bits per heavy atom. The zero-order chi connectivity index (χ0) is 15.5. The molecule has 4 nitrogen and oxygen atoms in total. The van der Waals surface area contributed by atoms with Gasteiger partial charge in [-0.05, 0) is 0 Å². The molecular formula is C12H6BrF3N4Se. The first-order chi connectivity index (χ1) is 9.92. The number of halogens is 4. The molecule has 0 bridgehead atoms. The van der Waals surface area contributed by atoms with Gasteiger partial charge in [-0.25, -0.2) is 0 Å². The van der Waals surface area contributed by atoms with Gasteiger partial charge >= 0.3 is 132 Å². The zero-order valence-electron chi connectivity index (χ0n) is 10.2. The summed E-state index contributed by atoms with van der Waals surface area (Å²) in [5.74, 6) is 5.20. The molecule has 2 aromatic heterocycles. The van der Waals surface area contributed by atoms with E-state index in [1.165, 1.54) is 4.40 Å². The predicted octanol–water partition coefficient (Wildman–Crippen LogP) is 3.21. The van der Waals surface area contributed by atoms with Gasteiger partial charge in [-0.2, -0.15) is 0 Å². The molecule has 0 spiro atoms. The number of nitrogens with zero attached hydrogens (tertiary/aromatic N) is 4. The number of fused-ring (bicyclic) bond motifs is 1. The molecule has 0 amide bonds. The van der Waals surface area contributed by atoms with E-state index in [0.717, 1.165) is 0 Å². The Labute approximate surface area is 132 Å². The molecule has 0 radical (unpaired) electrons. The molecule has 0 aliphatic carbocycles. The fraction of sp³-hybridized carbons (Fsp3) is 0.167. The van der Waals surface area contributed by atoms with Crippen LogP contribution in [0, 0.1) is 11.8 Å². The molecule has 0 unspecified atom stereocenters. The molecule has 0 aromatic carbocycles. The van der Waals surface area contributed by atoms with Crippen LogP contribution in [0.3, 0.4) is 0 Å². The van der Waals surface area contributed by atoms with Gasteiger partial charge in [0.15, 0.2) is 0 Å². The first-order valence-electron chi connectivity index (χ1n) is 5.47. The number of pyridine rings is 1. The Bertz CT molecular complexity index is 781. The van der Waals surface area contributed by atoms with Gasteiger partial charge in [0, 0.05) is 0 Å². The monoisotopic (exact) mass is 422 g/mol. The third-order valence-electron chi connectivity index (χ3n) is 2.36. The van der Waals surface area contributed by atoms with Crippen molar-refractivity contribution in [1.29, 1.82) is 0 Å². The minimum atomic E-state index is -4.27. The van der Waals surface area contributed by atoms with Crippen molar-refractivity contribution >= 4 is 41.0 Å². The van der Waals surface area contributed by atoms with Crippen molar-refractivity contribution in [2.24, 2.45) is 5.11 Å². The van der Waals surface area contributed by atoms with Gasteiger partial charge in [0.25, 0.3) is 0 Å². The Hall–Kier alpha value is -1.58. The van der Waals surface area contributed by atoms with Crippen molar-refractivity contribution < 1.29 is 13.2 Å². The summed E-state index contributed by atoms with van der Waals surface area (Å²) in [5, 5.41) is -1.04. The van der Waals surface area contributed by atoms with Gasteiger partial charge in [0.2, 0.25) is 0 Å². The molecule has 2 aromatic rings. The van der Waals surface area contributed by atoms with Crippen LogP contribution in [0.15, 0.2) is 34.0 Å². The SMILES string of the molecule is [N-]=[N+]=NCC#Cc1cc2c(Br)cccn2c1[Se]C(F)(F)F. The number of hydrogen-bond donors (Lipinski definition) is 0. The average Bonchev–Trinajstić information content (AvgIpc) is 2.73. The predicted molar refractivity (Wildman–Crippen MR) is 77.4 cm³/mol. The van der Waals surface area contributed by atoms with E-state index in [2.05, 4.69) is 37.8 Å². The Balaban J connectivity index is 2.56. The molecule has 2 heterocycles. The maximum absolute atomic E-state index is 12.8. The molecule has 0 aliphatic heterocycles. The fourth-order valence-corrected chi connectivity index (χ4v) is 3.56. The molecular weight excluding hydrogens is 416 g/mol. The Morgan fingerprint density at radius 2 is 2.24 bits per heavy atom. The van der Waals surface area contributed by atoms with Gasteiger partial charge in [-0.15, -0.1) is 0 Å². The summed E-state index contributed by atoms with van der Waals surface area (Å²) in [6.07, 6.45) is 1.57. The van der Waals surface area contributed by atoms with Crippen LogP contribution in [0.2, 0.25) is 0 Å². The molecule has 0 fully saturated rings. The minimum absolute atomic E-state index is 0.0810. The second-order valence-electron chi connectivity index (χ2n) is 3.71. The molecule has 21 heavy (non-hydrogen) atoms. The van der Waals surface area contributed by atoms with Gasteiger partial charge in [-0.3, -0.25) is 0 Å². The summed E-state index contributed by atoms with van der Waals surface area (Å²) in [6, 6.07) is 5.00. The Kier molecular flexibility index (Phi) is 4.86. The second-order valence-corrected chi connectivity index (χ2v) is 6.78. The van der Waals surface area contributed by atoms with E-state index in [1.807, 2.05) is 0 Å². The summed E-state index contributed by atoms with van der Waals surface area (Å²) in [6.45, 7) is -0.0810. The van der Waals surface area contributed by atoms with E-state index in [4.69, 9.17) is 5.53 Å². The van der Waals surface area contributed by atoms with E-state index in [9.17, 15) is 13.2 Å². The van der Waals surface area contributed by atoms with Crippen LogP contribution in [0.5, 0.6) is 0 Å². The first kappa shape index (κ1) is 15.8. The van der Waals surface area contributed by atoms with Crippen molar-refractivity contribution in [3.05, 3.63) is 44.9 Å². The molecule has 0 aliphatic rings. The van der Waals surface area contributed by atoms with E-state index >= 15 is 0 Å². The van der Waals surface area contributed by atoms with Crippen LogP contribution < -0.4 is 4.59 Å². The normalized spacial score (nSPS) is 10.9. The van der Waals surface area contributed by atoms with Gasteiger partial charge in [0.1, 0.15) is 0 Å². The number of azide groups is 1. The first-order valence-corrected chi connectivity index (χ1v) is 7.98. The second kappa shape index (κ2) is 6.46. The van der Waals surface area contributed by atoms with Crippen LogP contribution in [0.4, 0.5) is 13.2 Å². The standard InChI is InChI=1S/C12H6BrF3N4Se/c13-9-4-2-6-20-10(9)7-8(3-1-5-18-19-17)11(20)21-12(14,15)16/h2,4,6-7H,5H2. The van der Waals surface area contributed by atoms with E-state index in [0.29, 0.717) is 15.6 Å². The molecule has 2 rings (SSSR count). The van der Waals surface area contributed by atoms with Crippen LogP contribution in [-0.2, 0) is 0 Å². The zero-order valence-corrected chi connectivity index (χ0v) is 13.5. The van der Waals surface area contributed by atoms with Crippen molar-refractivity contribution in [3.63, 3.8) is 0 Å². The molecule has 0 atom stereocenters. The third kappa shape index (κ3) is 3.96. The van der Waals surface area contributed by atoms with Crippen LogP contribution in [0.25, 0.3) is 16.0 Å². The third-order valence-corrected chi connectivity index (χ3v) is 4.80. The van der Waals surface area contributed by atoms with Crippen molar-refractivity contribution in [2.75, 3.05) is 6.54 Å². The van der Waals surface area contributed by atoms with Gasteiger partial charge in [0.05, 0.1) is 0 Å². The topological polar surface area (TPSA) is 53.2 Å².